The third-order valence-corrected chi connectivity index (χ3v) is 14.5. The summed E-state index contributed by atoms with van der Waals surface area (Å²) in [5.74, 6) is -0.548. The molecule has 31 heavy (non-hydrogen) atoms. The van der Waals surface area contributed by atoms with Crippen LogP contribution in [0.5, 0.6) is 0 Å². The molecular weight excluding hydrogens is 562 g/mol. The number of nitriles is 1. The van der Waals surface area contributed by atoms with Crippen LogP contribution in [0.1, 0.15) is 32.9 Å². The summed E-state index contributed by atoms with van der Waals surface area (Å²) in [7, 11) is 0.820. The fourth-order valence-electron chi connectivity index (χ4n) is 2.78. The normalized spacial score (nSPS) is 20.7. The summed E-state index contributed by atoms with van der Waals surface area (Å²) in [6.45, 7) is -0.433. The number of anilines is 1. The molecule has 0 bridgehead atoms. The van der Waals surface area contributed by atoms with Gasteiger partial charge in [-0.2, -0.15) is 0 Å². The second-order valence-electron chi connectivity index (χ2n) is 6.91. The van der Waals surface area contributed by atoms with Gasteiger partial charge in [-0.1, -0.05) is 13.8 Å². The van der Waals surface area contributed by atoms with Gasteiger partial charge in [-0.15, -0.1) is 0 Å². The van der Waals surface area contributed by atoms with E-state index in [9.17, 15) is 19.0 Å². The van der Waals surface area contributed by atoms with Gasteiger partial charge in [0.1, 0.15) is 0 Å². The number of rotatable bonds is 9. The van der Waals surface area contributed by atoms with E-state index in [-0.39, 0.29) is 40.0 Å². The Morgan fingerprint density at radius 2 is 2.39 bits per heavy atom. The summed E-state index contributed by atoms with van der Waals surface area (Å²) in [4.78, 5) is 44.9. The van der Waals surface area contributed by atoms with E-state index in [4.69, 9.17) is 14.5 Å². The van der Waals surface area contributed by atoms with Crippen molar-refractivity contribution in [3.63, 3.8) is 0 Å². The number of nitrogens with one attached hydrogen (secondary N) is 2. The number of aromatic nitrogens is 4. The van der Waals surface area contributed by atoms with E-state index in [2.05, 4.69) is 20.3 Å². The van der Waals surface area contributed by atoms with E-state index in [1.54, 1.807) is 18.4 Å². The number of alkyl halides is 1. The van der Waals surface area contributed by atoms with Gasteiger partial charge in [0.2, 0.25) is 5.91 Å². The molecular formula is C16H21IN6O6PS-. The van der Waals surface area contributed by atoms with Gasteiger partial charge < -0.3 is 0 Å². The van der Waals surface area contributed by atoms with Crippen LogP contribution < -0.4 is 30.7 Å². The molecule has 0 saturated carbocycles. The number of imidazole rings is 1. The standard InChI is InChI=1S/C16H21IN6O6PS/c1-9(2)14(24)21-16-20-13-12(15(25)22-16)19-8-23(13)11-4-3-10(29-11)7-28-30(26,27)31-17-5-6-18/h8-11H,3-5,7H2,1-2H3,(H,26,27)(H2,20,21,22,24,25)/q-1/t10-,11+/m0/s1. The van der Waals surface area contributed by atoms with Gasteiger partial charge in [0.05, 0.1) is 0 Å². The molecule has 1 unspecified atom stereocenters. The zero-order valence-electron chi connectivity index (χ0n) is 16.6. The van der Waals surface area contributed by atoms with E-state index in [0.29, 0.717) is 12.8 Å². The molecule has 3 rings (SSSR count). The fraction of sp³-hybridized carbons (Fsp3) is 0.562. The van der Waals surface area contributed by atoms with Gasteiger partial charge in [-0.05, 0) is 0 Å². The van der Waals surface area contributed by atoms with Crippen LogP contribution in [0, 0.1) is 17.2 Å². The Kier molecular flexibility index (Phi) is 8.11. The molecule has 2 aromatic heterocycles. The number of halogens is 1. The van der Waals surface area contributed by atoms with Crippen molar-refractivity contribution in [3.05, 3.63) is 16.7 Å². The van der Waals surface area contributed by atoms with Crippen LogP contribution in [0.2, 0.25) is 0 Å². The molecule has 0 spiro atoms. The van der Waals surface area contributed by atoms with Gasteiger partial charge in [-0.25, -0.2) is 0 Å². The predicted octanol–water partition coefficient (Wildman–Crippen LogP) is -1.23. The molecule has 2 aromatic rings. The zero-order chi connectivity index (χ0) is 22.6. The summed E-state index contributed by atoms with van der Waals surface area (Å²) < 4.78 is 24.9. The Morgan fingerprint density at radius 3 is 3.10 bits per heavy atom. The molecule has 1 saturated heterocycles. The first-order valence-corrected chi connectivity index (χ1v) is 16.3. The molecule has 1 aliphatic heterocycles. The summed E-state index contributed by atoms with van der Waals surface area (Å²) >= 11 is -0.774. The van der Waals surface area contributed by atoms with E-state index >= 15 is 0 Å². The second-order valence-corrected chi connectivity index (χ2v) is 16.4. The predicted molar refractivity (Wildman–Crippen MR) is 109 cm³/mol. The van der Waals surface area contributed by atoms with Crippen LogP contribution in [-0.2, 0) is 18.6 Å². The van der Waals surface area contributed by atoms with E-state index < -0.39 is 44.5 Å². The van der Waals surface area contributed by atoms with Gasteiger partial charge in [0.25, 0.3) is 0 Å². The average Bonchev–Trinajstić information content (AvgIpc) is 3.33. The number of amides is 1. The van der Waals surface area contributed by atoms with Gasteiger partial charge in [-0.3, -0.25) is 4.79 Å². The summed E-state index contributed by atoms with van der Waals surface area (Å²) in [6, 6.07) is 1.95. The number of nitrogens with zero attached hydrogens (tertiary/aromatic N) is 4. The van der Waals surface area contributed by atoms with Crippen LogP contribution >= 0.6 is 15.4 Å². The number of aromatic amines is 1. The molecule has 0 aliphatic carbocycles. The number of carbonyl (C=O) groups excluding carboxylic acids is 1. The Bertz CT molecular complexity index is 1100. The first-order valence-electron chi connectivity index (χ1n) is 9.25. The van der Waals surface area contributed by atoms with E-state index in [0.717, 1.165) is 8.55 Å². The van der Waals surface area contributed by atoms with Gasteiger partial charge >= 0.3 is 160 Å². The monoisotopic (exact) mass is 583 g/mol. The minimum atomic E-state index is -3.81. The number of H-pyrrole nitrogens is 1. The van der Waals surface area contributed by atoms with Crippen molar-refractivity contribution in [1.29, 1.82) is 5.26 Å². The number of carbonyl (C=O) groups is 1. The van der Waals surface area contributed by atoms with Crippen molar-refractivity contribution < 1.29 is 43.3 Å². The molecule has 0 radical (unpaired) electrons. The van der Waals surface area contributed by atoms with Crippen molar-refractivity contribution in [3.8, 4) is 6.07 Å². The molecule has 3 atom stereocenters. The van der Waals surface area contributed by atoms with Crippen molar-refractivity contribution in [2.24, 2.45) is 5.92 Å². The van der Waals surface area contributed by atoms with Crippen molar-refractivity contribution in [2.45, 2.75) is 39.0 Å². The Hall–Kier alpha value is -1.50. The van der Waals surface area contributed by atoms with Gasteiger partial charge in [0.15, 0.2) is 0 Å². The number of ether oxygens (including phenoxy) is 1. The summed E-state index contributed by atoms with van der Waals surface area (Å²) in [5, 5.41) is 11.1. The third kappa shape index (κ3) is 6.27. The molecule has 1 aliphatic rings. The molecule has 12 nitrogen and oxygen atoms in total. The van der Waals surface area contributed by atoms with Gasteiger partial charge in [0, 0.05) is 5.92 Å². The zero-order valence-corrected chi connectivity index (χ0v) is 20.5. The van der Waals surface area contributed by atoms with E-state index in [1.807, 2.05) is 6.07 Å². The van der Waals surface area contributed by atoms with Crippen LogP contribution in [0.15, 0.2) is 11.1 Å². The van der Waals surface area contributed by atoms with Crippen molar-refractivity contribution in [1.82, 2.24) is 19.5 Å². The third-order valence-electron chi connectivity index (χ3n) is 4.27. The maximum absolute atomic E-state index is 12.3. The molecule has 1 amide bonds. The molecule has 0 aromatic carbocycles. The quantitative estimate of drug-likeness (QED) is 0.141. The summed E-state index contributed by atoms with van der Waals surface area (Å²) in [5.41, 5.74) is -0.109. The number of hydrogen-bond acceptors (Lipinski definition) is 9. The number of fused-ring (bicyclic) bond motifs is 1. The summed E-state index contributed by atoms with van der Waals surface area (Å²) in [6.07, 6.45) is 1.67. The van der Waals surface area contributed by atoms with Crippen molar-refractivity contribution >= 4 is 38.4 Å². The van der Waals surface area contributed by atoms with E-state index in [1.165, 1.54) is 6.33 Å². The van der Waals surface area contributed by atoms with Crippen LogP contribution in [-0.4, -0.2) is 47.5 Å². The number of hydrogen-bond donors (Lipinski definition) is 3. The van der Waals surface area contributed by atoms with Crippen molar-refractivity contribution in [2.75, 3.05) is 16.4 Å². The molecule has 15 heteroatoms. The molecule has 3 heterocycles. The first-order chi connectivity index (χ1) is 14.7. The van der Waals surface area contributed by atoms with Crippen LogP contribution in [0.4, 0.5) is 5.95 Å². The Morgan fingerprint density at radius 1 is 1.61 bits per heavy atom. The molecule has 3 N–H and O–H groups in total. The van der Waals surface area contributed by atoms with Crippen LogP contribution in [0.3, 0.4) is 0 Å². The second kappa shape index (κ2) is 10.4. The average molecular weight is 583 g/mol. The topological polar surface area (TPSA) is 172 Å². The van der Waals surface area contributed by atoms with Crippen LogP contribution in [0.25, 0.3) is 11.2 Å². The molecule has 1 fully saturated rings. The molecule has 170 valence electrons. The maximum atomic E-state index is 12.3. The first kappa shape index (κ1) is 24.1. The fourth-order valence-corrected chi connectivity index (χ4v) is 10.1. The Balaban J connectivity index is 1.68. The minimum absolute atomic E-state index is 0.0229. The Labute approximate surface area is 190 Å². The SMILES string of the molecule is CC(C)C(=O)Nc1nc2c(ncn2[C@H]2CC[C@@H](COP(=O)(O)S[I-]CC#N)O2)c(=O)[nH]1.